The second-order valence-corrected chi connectivity index (χ2v) is 6.86. The van der Waals surface area contributed by atoms with Gasteiger partial charge >= 0.3 is 0 Å². The van der Waals surface area contributed by atoms with Crippen LogP contribution in [0.4, 0.5) is 5.69 Å². The van der Waals surface area contributed by atoms with Crippen molar-refractivity contribution in [2.24, 2.45) is 0 Å². The Balaban J connectivity index is 1.81. The zero-order valence-electron chi connectivity index (χ0n) is 10.2. The van der Waals surface area contributed by atoms with E-state index in [0.717, 1.165) is 25.3 Å². The fourth-order valence-electron chi connectivity index (χ4n) is 1.91. The minimum atomic E-state index is 0.703. The van der Waals surface area contributed by atoms with Gasteiger partial charge in [-0.15, -0.1) is 11.3 Å². The van der Waals surface area contributed by atoms with Crippen molar-refractivity contribution in [2.45, 2.75) is 13.5 Å². The van der Waals surface area contributed by atoms with Crippen molar-refractivity contribution >= 4 is 53.8 Å². The smallest absolute Gasteiger partial charge is 0.193 e. The van der Waals surface area contributed by atoms with Crippen LogP contribution in [0, 0.1) is 6.92 Å². The van der Waals surface area contributed by atoms with Crippen molar-refractivity contribution in [3.63, 3.8) is 0 Å². The van der Waals surface area contributed by atoms with Crippen molar-refractivity contribution < 1.29 is 0 Å². The molecule has 3 aromatic rings. The number of anilines is 1. The Bertz CT molecular complexity index is 681. The zero-order valence-corrected chi connectivity index (χ0v) is 14.1. The van der Waals surface area contributed by atoms with E-state index in [-0.39, 0.29) is 0 Å². The van der Waals surface area contributed by atoms with Crippen LogP contribution in [-0.2, 0) is 6.54 Å². The molecule has 2 heterocycles. The Morgan fingerprint density at radius 1 is 1.32 bits per heavy atom. The monoisotopic (exact) mass is 399 g/mol. The largest absolute Gasteiger partial charge is 0.377 e. The summed E-state index contributed by atoms with van der Waals surface area (Å²) in [6.07, 6.45) is 4.07. The number of hydrogen-bond acceptors (Lipinski definition) is 3. The molecule has 0 saturated heterocycles. The average Bonchev–Trinajstić information content (AvgIpc) is 2.87. The van der Waals surface area contributed by atoms with Crippen LogP contribution in [0.5, 0.6) is 0 Å². The number of nitrogens with zero attached hydrogens (tertiary/aromatic N) is 2. The minimum absolute atomic E-state index is 0.703. The standard InChI is InChI=1S/C13H11Br2N3S/c1-8-4-10(14)12(11(15)5-8)16-6-9-7-18-2-3-19-13(18)17-9/h2-5,7,16H,6H2,1H3. The van der Waals surface area contributed by atoms with Gasteiger partial charge in [0.15, 0.2) is 4.96 Å². The van der Waals surface area contributed by atoms with Crippen molar-refractivity contribution in [1.29, 1.82) is 0 Å². The number of benzene rings is 1. The molecule has 0 amide bonds. The molecule has 98 valence electrons. The zero-order chi connectivity index (χ0) is 13.4. The maximum Gasteiger partial charge on any atom is 0.193 e. The fraction of sp³-hybridized carbons (Fsp3) is 0.154. The number of thiazole rings is 1. The van der Waals surface area contributed by atoms with E-state index >= 15 is 0 Å². The van der Waals surface area contributed by atoms with Gasteiger partial charge in [0.2, 0.25) is 0 Å². The predicted octanol–water partition coefficient (Wildman–Crippen LogP) is 4.84. The first kappa shape index (κ1) is 13.1. The fourth-order valence-corrected chi connectivity index (χ4v) is 4.32. The summed E-state index contributed by atoms with van der Waals surface area (Å²) in [6.45, 7) is 2.78. The molecule has 0 unspecified atom stereocenters. The number of rotatable bonds is 3. The summed E-state index contributed by atoms with van der Waals surface area (Å²) in [7, 11) is 0. The van der Waals surface area contributed by atoms with E-state index in [9.17, 15) is 0 Å². The molecule has 3 rings (SSSR count). The van der Waals surface area contributed by atoms with E-state index in [4.69, 9.17) is 0 Å². The second-order valence-electron chi connectivity index (χ2n) is 4.28. The van der Waals surface area contributed by atoms with Crippen LogP contribution in [0.3, 0.4) is 0 Å². The molecular formula is C13H11Br2N3S. The highest BCUT2D eigenvalue weighted by atomic mass is 79.9. The normalized spacial score (nSPS) is 11.1. The minimum Gasteiger partial charge on any atom is -0.377 e. The van der Waals surface area contributed by atoms with Crippen molar-refractivity contribution in [3.8, 4) is 0 Å². The second kappa shape index (κ2) is 5.26. The molecule has 0 aliphatic rings. The Labute approximate surface area is 131 Å². The quantitative estimate of drug-likeness (QED) is 0.681. The summed E-state index contributed by atoms with van der Waals surface area (Å²) in [6, 6.07) is 4.19. The van der Waals surface area contributed by atoms with Gasteiger partial charge in [-0.2, -0.15) is 0 Å². The first-order valence-electron chi connectivity index (χ1n) is 5.74. The summed E-state index contributed by atoms with van der Waals surface area (Å²) in [5.41, 5.74) is 3.31. The molecule has 0 saturated carbocycles. The molecule has 6 heteroatoms. The highest BCUT2D eigenvalue weighted by molar-refractivity contribution is 9.11. The van der Waals surface area contributed by atoms with Crippen LogP contribution in [0.2, 0.25) is 0 Å². The average molecular weight is 401 g/mol. The Morgan fingerprint density at radius 3 is 2.74 bits per heavy atom. The molecule has 0 radical (unpaired) electrons. The molecule has 0 bridgehead atoms. The molecule has 3 nitrogen and oxygen atoms in total. The van der Waals surface area contributed by atoms with E-state index in [2.05, 4.69) is 67.4 Å². The lowest BCUT2D eigenvalue weighted by Gasteiger charge is -2.10. The van der Waals surface area contributed by atoms with Crippen LogP contribution in [-0.4, -0.2) is 9.38 Å². The first-order chi connectivity index (χ1) is 9.13. The summed E-state index contributed by atoms with van der Waals surface area (Å²) >= 11 is 8.81. The van der Waals surface area contributed by atoms with Gasteiger partial charge in [-0.1, -0.05) is 0 Å². The molecule has 0 fully saturated rings. The van der Waals surface area contributed by atoms with E-state index in [1.165, 1.54) is 5.56 Å². The lowest BCUT2D eigenvalue weighted by Crippen LogP contribution is -2.01. The summed E-state index contributed by atoms with van der Waals surface area (Å²) in [5, 5.41) is 5.44. The SMILES string of the molecule is Cc1cc(Br)c(NCc2cn3ccsc3n2)c(Br)c1. The van der Waals surface area contributed by atoms with Crippen molar-refractivity contribution in [2.75, 3.05) is 5.32 Å². The molecule has 0 aliphatic heterocycles. The van der Waals surface area contributed by atoms with E-state index in [0.29, 0.717) is 6.54 Å². The molecule has 0 spiro atoms. The van der Waals surface area contributed by atoms with Crippen LogP contribution < -0.4 is 5.32 Å². The van der Waals surface area contributed by atoms with Gasteiger partial charge in [-0.3, -0.25) is 4.40 Å². The Hall–Kier alpha value is -0.850. The molecule has 2 aromatic heterocycles. The van der Waals surface area contributed by atoms with E-state index < -0.39 is 0 Å². The third kappa shape index (κ3) is 2.70. The molecule has 0 atom stereocenters. The highest BCUT2D eigenvalue weighted by Gasteiger charge is 2.07. The number of halogens is 2. The van der Waals surface area contributed by atoms with Gasteiger partial charge in [-0.05, 0) is 56.5 Å². The van der Waals surface area contributed by atoms with Crippen LogP contribution >= 0.6 is 43.2 Å². The molecule has 0 aliphatic carbocycles. The molecular weight excluding hydrogens is 390 g/mol. The Kier molecular flexibility index (Phi) is 3.64. The number of nitrogens with one attached hydrogen (secondary N) is 1. The van der Waals surface area contributed by atoms with E-state index in [1.54, 1.807) is 11.3 Å². The summed E-state index contributed by atoms with van der Waals surface area (Å²) in [5.74, 6) is 0. The lowest BCUT2D eigenvalue weighted by molar-refractivity contribution is 1.07. The maximum atomic E-state index is 4.55. The molecule has 19 heavy (non-hydrogen) atoms. The van der Waals surface area contributed by atoms with Crippen molar-refractivity contribution in [3.05, 3.63) is 50.1 Å². The summed E-state index contributed by atoms with van der Waals surface area (Å²) < 4.78 is 4.15. The van der Waals surface area contributed by atoms with Gasteiger partial charge in [0.05, 0.1) is 17.9 Å². The number of imidazole rings is 1. The molecule has 1 aromatic carbocycles. The van der Waals surface area contributed by atoms with Gasteiger partial charge in [-0.25, -0.2) is 4.98 Å². The van der Waals surface area contributed by atoms with Gasteiger partial charge < -0.3 is 5.32 Å². The third-order valence-electron chi connectivity index (χ3n) is 2.78. The van der Waals surface area contributed by atoms with Crippen LogP contribution in [0.25, 0.3) is 4.96 Å². The van der Waals surface area contributed by atoms with E-state index in [1.807, 2.05) is 16.0 Å². The Morgan fingerprint density at radius 2 is 2.05 bits per heavy atom. The number of aromatic nitrogens is 2. The summed E-state index contributed by atoms with van der Waals surface area (Å²) in [4.78, 5) is 5.58. The van der Waals surface area contributed by atoms with Gasteiger partial charge in [0, 0.05) is 26.7 Å². The van der Waals surface area contributed by atoms with Gasteiger partial charge in [0.1, 0.15) is 0 Å². The lowest BCUT2D eigenvalue weighted by atomic mass is 10.2. The van der Waals surface area contributed by atoms with Crippen molar-refractivity contribution in [1.82, 2.24) is 9.38 Å². The number of aryl methyl sites for hydroxylation is 1. The molecule has 1 N–H and O–H groups in total. The first-order valence-corrected chi connectivity index (χ1v) is 8.20. The number of hydrogen-bond donors (Lipinski definition) is 1. The maximum absolute atomic E-state index is 4.55. The third-order valence-corrected chi connectivity index (χ3v) is 4.80. The van der Waals surface area contributed by atoms with Crippen LogP contribution in [0.15, 0.2) is 38.9 Å². The van der Waals surface area contributed by atoms with Crippen LogP contribution in [0.1, 0.15) is 11.3 Å². The topological polar surface area (TPSA) is 29.3 Å². The highest BCUT2D eigenvalue weighted by Crippen LogP contribution is 2.32. The number of fused-ring (bicyclic) bond motifs is 1. The van der Waals surface area contributed by atoms with Gasteiger partial charge in [0.25, 0.3) is 0 Å². The predicted molar refractivity (Wildman–Crippen MR) is 87.0 cm³/mol.